The molecule has 2 nitrogen and oxygen atoms in total. The van der Waals surface area contributed by atoms with Crippen LogP contribution in [0, 0.1) is 0 Å². The molecule has 0 amide bonds. The first-order chi connectivity index (χ1) is 12.4. The summed E-state index contributed by atoms with van der Waals surface area (Å²) in [7, 11) is 0. The van der Waals surface area contributed by atoms with Crippen LogP contribution in [0.5, 0.6) is 0 Å². The summed E-state index contributed by atoms with van der Waals surface area (Å²) in [6, 6.07) is 18.7. The van der Waals surface area contributed by atoms with Gasteiger partial charge in [0, 0.05) is 0 Å². The van der Waals surface area contributed by atoms with E-state index in [4.69, 9.17) is 0 Å². The summed E-state index contributed by atoms with van der Waals surface area (Å²) in [5.74, 6) is -0.167. The Morgan fingerprint density at radius 2 is 1.33 bits per heavy atom. The average Bonchev–Trinajstić information content (AvgIpc) is 3.25. The third-order valence-electron chi connectivity index (χ3n) is 2.91. The SMILES string of the molecule is C=C(C)[O-].C=C(C)[O-].C=CCCCCCC[c-]1cccc1.[Ti+4].c1cc[cH-]c1. The molecule has 3 heteroatoms. The molecule has 0 heterocycles. The molecule has 27 heavy (non-hydrogen) atoms. The van der Waals surface area contributed by atoms with Crippen molar-refractivity contribution in [2.45, 2.75) is 52.4 Å². The van der Waals surface area contributed by atoms with Gasteiger partial charge in [0.05, 0.1) is 0 Å². The van der Waals surface area contributed by atoms with E-state index >= 15 is 0 Å². The average molecular weight is 402 g/mol. The van der Waals surface area contributed by atoms with Gasteiger partial charge in [-0.25, -0.2) is 24.3 Å². The second kappa shape index (κ2) is 24.2. The predicted octanol–water partition coefficient (Wildman–Crippen LogP) is 5.25. The fourth-order valence-electron chi connectivity index (χ4n) is 1.87. The van der Waals surface area contributed by atoms with Gasteiger partial charge in [-0.05, 0) is 12.8 Å². The molecule has 0 unspecified atom stereocenters. The molecule has 0 aliphatic carbocycles. The van der Waals surface area contributed by atoms with Crippen molar-refractivity contribution in [1.82, 2.24) is 0 Å². The summed E-state index contributed by atoms with van der Waals surface area (Å²) in [5, 5.41) is 18.7. The van der Waals surface area contributed by atoms with Crippen molar-refractivity contribution in [3.63, 3.8) is 0 Å². The van der Waals surface area contributed by atoms with Crippen molar-refractivity contribution in [1.29, 1.82) is 0 Å². The van der Waals surface area contributed by atoms with E-state index in [-0.39, 0.29) is 33.2 Å². The van der Waals surface area contributed by atoms with Gasteiger partial charge in [-0.2, -0.15) is 35.9 Å². The zero-order valence-electron chi connectivity index (χ0n) is 17.0. The second-order valence-corrected chi connectivity index (χ2v) is 5.90. The van der Waals surface area contributed by atoms with E-state index in [0.29, 0.717) is 0 Å². The Morgan fingerprint density at radius 3 is 1.70 bits per heavy atom. The number of aryl methyl sites for hydroxylation is 1. The number of unbranched alkanes of at least 4 members (excludes halogenated alkanes) is 4. The van der Waals surface area contributed by atoms with Crippen LogP contribution in [-0.4, -0.2) is 0 Å². The van der Waals surface area contributed by atoms with Gasteiger partial charge in [0.25, 0.3) is 0 Å². The largest absolute Gasteiger partial charge is 4.00 e. The van der Waals surface area contributed by atoms with Crippen LogP contribution in [0.3, 0.4) is 0 Å². The number of rotatable bonds is 7. The summed E-state index contributed by atoms with van der Waals surface area (Å²) in [6.45, 7) is 12.6. The van der Waals surface area contributed by atoms with Crippen molar-refractivity contribution in [3.8, 4) is 0 Å². The van der Waals surface area contributed by atoms with Gasteiger partial charge in [-0.15, -0.1) is 31.3 Å². The molecule has 146 valence electrons. The van der Waals surface area contributed by atoms with Crippen LogP contribution >= 0.6 is 0 Å². The van der Waals surface area contributed by atoms with E-state index in [0.717, 1.165) is 0 Å². The molecule has 0 saturated heterocycles. The van der Waals surface area contributed by atoms with E-state index in [1.54, 1.807) is 0 Å². The summed E-state index contributed by atoms with van der Waals surface area (Å²) < 4.78 is 0. The van der Waals surface area contributed by atoms with E-state index in [9.17, 15) is 10.2 Å². The van der Waals surface area contributed by atoms with Crippen LogP contribution in [0.15, 0.2) is 91.9 Å². The van der Waals surface area contributed by atoms with Gasteiger partial charge in [-0.3, -0.25) is 0 Å². The summed E-state index contributed by atoms with van der Waals surface area (Å²) in [5.41, 5.74) is 1.49. The summed E-state index contributed by atoms with van der Waals surface area (Å²) >= 11 is 0. The first-order valence-corrected chi connectivity index (χ1v) is 9.03. The molecular formula is C24H34O2Ti. The molecule has 0 aromatic heterocycles. The molecule has 2 aromatic rings. The van der Waals surface area contributed by atoms with Gasteiger partial charge in [0.1, 0.15) is 0 Å². The molecule has 0 saturated carbocycles. The van der Waals surface area contributed by atoms with Gasteiger partial charge < -0.3 is 10.2 Å². The zero-order valence-corrected chi connectivity index (χ0v) is 18.5. The van der Waals surface area contributed by atoms with Gasteiger partial charge in [-0.1, -0.05) is 45.6 Å². The van der Waals surface area contributed by atoms with Crippen LogP contribution < -0.4 is 10.2 Å². The minimum atomic E-state index is -0.0833. The Labute approximate surface area is 181 Å². The minimum Gasteiger partial charge on any atom is -0.876 e. The predicted molar refractivity (Wildman–Crippen MR) is 111 cm³/mol. The van der Waals surface area contributed by atoms with E-state index in [2.05, 4.69) is 44.0 Å². The smallest absolute Gasteiger partial charge is 0.876 e. The fraction of sp³-hybridized carbons (Fsp3) is 0.333. The quantitative estimate of drug-likeness (QED) is 0.209. The topological polar surface area (TPSA) is 46.1 Å². The maximum absolute atomic E-state index is 9.33. The first-order valence-electron chi connectivity index (χ1n) is 9.03. The van der Waals surface area contributed by atoms with Crippen molar-refractivity contribution in [2.75, 3.05) is 0 Å². The zero-order chi connectivity index (χ0) is 20.0. The maximum atomic E-state index is 9.33. The van der Waals surface area contributed by atoms with E-state index in [1.807, 2.05) is 36.4 Å². The van der Waals surface area contributed by atoms with Gasteiger partial charge >= 0.3 is 21.7 Å². The molecule has 0 radical (unpaired) electrons. The Balaban J connectivity index is -0.000000340. The first kappa shape index (κ1) is 30.0. The molecule has 0 spiro atoms. The number of allylic oxidation sites excluding steroid dienone is 3. The van der Waals surface area contributed by atoms with Crippen LogP contribution in [0.1, 0.15) is 51.5 Å². The van der Waals surface area contributed by atoms with Crippen molar-refractivity contribution >= 4 is 0 Å². The molecule has 2 rings (SSSR count). The van der Waals surface area contributed by atoms with Crippen LogP contribution in [0.4, 0.5) is 0 Å². The minimum absolute atomic E-state index is 0. The molecule has 0 bridgehead atoms. The van der Waals surface area contributed by atoms with Crippen LogP contribution in [-0.2, 0) is 28.1 Å². The molecule has 0 fully saturated rings. The van der Waals surface area contributed by atoms with E-state index < -0.39 is 0 Å². The van der Waals surface area contributed by atoms with Crippen molar-refractivity contribution in [3.05, 3.63) is 97.5 Å². The monoisotopic (exact) mass is 402 g/mol. The molecule has 2 aromatic carbocycles. The standard InChI is InChI=1S/C13H19.C5H5.2C3H6O.Ti/c1-2-3-4-5-6-7-10-13-11-8-9-12-13;1-2-4-5-3-1;2*1-3(2)4;/h2,8-9,11-12H,1,3-7,10H2;1-5H;2*4H,1H2,2H3;/q2*-1;;;+4/p-2. The van der Waals surface area contributed by atoms with Crippen LogP contribution in [0.2, 0.25) is 0 Å². The Morgan fingerprint density at radius 1 is 0.889 bits per heavy atom. The second-order valence-electron chi connectivity index (χ2n) is 5.90. The molecule has 0 aliphatic rings. The Hall–Kier alpha value is -1.77. The Kier molecular flexibility index (Phi) is 26.9. The van der Waals surface area contributed by atoms with Gasteiger partial charge in [0.15, 0.2) is 0 Å². The van der Waals surface area contributed by atoms with Gasteiger partial charge in [0.2, 0.25) is 0 Å². The Bertz CT molecular complexity index is 488. The molecule has 0 N–H and O–H groups in total. The van der Waals surface area contributed by atoms with Crippen LogP contribution in [0.25, 0.3) is 0 Å². The van der Waals surface area contributed by atoms with Crippen molar-refractivity contribution < 1.29 is 31.9 Å². The van der Waals surface area contributed by atoms with E-state index in [1.165, 1.54) is 57.9 Å². The van der Waals surface area contributed by atoms with Crippen molar-refractivity contribution in [2.24, 2.45) is 0 Å². The third-order valence-corrected chi connectivity index (χ3v) is 2.91. The molecular weight excluding hydrogens is 368 g/mol. The summed E-state index contributed by atoms with van der Waals surface area (Å²) in [4.78, 5) is 0. The number of hydrogen-bond acceptors (Lipinski definition) is 2. The fourth-order valence-corrected chi connectivity index (χ4v) is 1.87. The maximum Gasteiger partial charge on any atom is 4.00 e. The number of hydrogen-bond donors (Lipinski definition) is 0. The third kappa shape index (κ3) is 36.0. The summed E-state index contributed by atoms with van der Waals surface area (Å²) in [6.07, 6.45) is 9.80. The normalized spacial score (nSPS) is 8.22. The molecule has 0 atom stereocenters. The molecule has 0 aliphatic heterocycles.